The fourth-order valence-electron chi connectivity index (χ4n) is 1.93. The average molecular weight is 322 g/mol. The monoisotopic (exact) mass is 321 g/mol. The lowest BCUT2D eigenvalue weighted by Gasteiger charge is -2.17. The summed E-state index contributed by atoms with van der Waals surface area (Å²) in [6.45, 7) is 2.20. The van der Waals surface area contributed by atoms with Gasteiger partial charge in [-0.25, -0.2) is 4.39 Å². The van der Waals surface area contributed by atoms with E-state index < -0.39 is 6.10 Å². The van der Waals surface area contributed by atoms with Gasteiger partial charge in [-0.05, 0) is 42.3 Å². The maximum absolute atomic E-state index is 12.8. The van der Waals surface area contributed by atoms with Crippen LogP contribution in [0.4, 0.5) is 4.39 Å². The van der Waals surface area contributed by atoms with Crippen molar-refractivity contribution >= 4 is 17.5 Å². The van der Waals surface area contributed by atoms with E-state index in [1.54, 1.807) is 36.4 Å². The molecule has 2 rings (SSSR count). The van der Waals surface area contributed by atoms with Gasteiger partial charge in [0.1, 0.15) is 11.6 Å². The molecule has 5 heteroatoms. The Morgan fingerprint density at radius 2 is 2.00 bits per heavy atom. The van der Waals surface area contributed by atoms with Crippen molar-refractivity contribution in [1.82, 2.24) is 5.32 Å². The lowest BCUT2D eigenvalue weighted by molar-refractivity contribution is -0.128. The zero-order chi connectivity index (χ0) is 15.9. The fraction of sp³-hybridized carbons (Fsp3) is 0.235. The van der Waals surface area contributed by atoms with Gasteiger partial charge in [0.2, 0.25) is 0 Å². The van der Waals surface area contributed by atoms with Gasteiger partial charge in [0.05, 0.1) is 0 Å². The van der Waals surface area contributed by atoms with Crippen molar-refractivity contribution < 1.29 is 13.9 Å². The molecule has 2 aromatic carbocycles. The maximum Gasteiger partial charge on any atom is 0.261 e. The average Bonchev–Trinajstić information content (AvgIpc) is 2.52. The molecule has 22 heavy (non-hydrogen) atoms. The highest BCUT2D eigenvalue weighted by atomic mass is 35.5. The number of nitrogens with one attached hydrogen (secondary N) is 1. The smallest absolute Gasteiger partial charge is 0.261 e. The first kappa shape index (κ1) is 16.3. The number of carbonyl (C=O) groups is 1. The van der Waals surface area contributed by atoms with Crippen molar-refractivity contribution in [3.05, 3.63) is 64.9 Å². The van der Waals surface area contributed by atoms with Gasteiger partial charge in [-0.2, -0.15) is 0 Å². The van der Waals surface area contributed by atoms with E-state index in [2.05, 4.69) is 5.32 Å². The molecule has 1 amide bonds. The summed E-state index contributed by atoms with van der Waals surface area (Å²) in [5.41, 5.74) is 0.826. The summed E-state index contributed by atoms with van der Waals surface area (Å²) in [4.78, 5) is 12.2. The molecule has 1 atom stereocenters. The van der Waals surface area contributed by atoms with E-state index >= 15 is 0 Å². The van der Waals surface area contributed by atoms with Gasteiger partial charge < -0.3 is 10.1 Å². The molecule has 0 aromatic heterocycles. The third-order valence-corrected chi connectivity index (χ3v) is 3.35. The van der Waals surface area contributed by atoms with Crippen LogP contribution in [-0.4, -0.2) is 12.0 Å². The van der Waals surface area contributed by atoms with Gasteiger partial charge in [0.25, 0.3) is 5.91 Å². The van der Waals surface area contributed by atoms with Gasteiger partial charge in [-0.1, -0.05) is 36.7 Å². The number of halogens is 2. The van der Waals surface area contributed by atoms with Crippen LogP contribution in [0.1, 0.15) is 18.9 Å². The van der Waals surface area contributed by atoms with E-state index in [0.717, 1.165) is 5.56 Å². The summed E-state index contributed by atoms with van der Waals surface area (Å²) in [5.74, 6) is 0.0360. The Morgan fingerprint density at radius 1 is 1.27 bits per heavy atom. The molecule has 0 heterocycles. The normalized spacial score (nSPS) is 11.8. The van der Waals surface area contributed by atoms with E-state index in [1.165, 1.54) is 12.1 Å². The molecule has 0 spiro atoms. The standard InChI is InChI=1S/C17H17ClFNO2/c1-2-16(22-15-5-3-4-13(18)10-15)17(21)20-11-12-6-8-14(19)9-7-12/h3-10,16H,2,11H2,1H3,(H,20,21)/t16-/m0/s1. The van der Waals surface area contributed by atoms with E-state index in [0.29, 0.717) is 23.7 Å². The minimum atomic E-state index is -0.598. The van der Waals surface area contributed by atoms with Crippen LogP contribution in [0.15, 0.2) is 48.5 Å². The van der Waals surface area contributed by atoms with Crippen LogP contribution in [0.25, 0.3) is 0 Å². The van der Waals surface area contributed by atoms with Gasteiger partial charge in [-0.15, -0.1) is 0 Å². The topological polar surface area (TPSA) is 38.3 Å². The van der Waals surface area contributed by atoms with Crippen molar-refractivity contribution in [2.24, 2.45) is 0 Å². The van der Waals surface area contributed by atoms with E-state index in [9.17, 15) is 9.18 Å². The highest BCUT2D eigenvalue weighted by Crippen LogP contribution is 2.19. The Kier molecular flexibility index (Phi) is 5.78. The molecule has 0 aliphatic carbocycles. The third kappa shape index (κ3) is 4.74. The molecule has 0 aliphatic heterocycles. The Morgan fingerprint density at radius 3 is 2.64 bits per heavy atom. The Bertz CT molecular complexity index is 631. The number of carbonyl (C=O) groups excluding carboxylic acids is 1. The Hall–Kier alpha value is -2.07. The molecule has 0 saturated heterocycles. The summed E-state index contributed by atoms with van der Waals surface area (Å²) in [5, 5.41) is 3.34. The molecule has 1 N–H and O–H groups in total. The molecule has 0 unspecified atom stereocenters. The van der Waals surface area contributed by atoms with Gasteiger partial charge in [0, 0.05) is 11.6 Å². The largest absolute Gasteiger partial charge is 0.481 e. The number of amides is 1. The highest BCUT2D eigenvalue weighted by Gasteiger charge is 2.18. The van der Waals surface area contributed by atoms with Gasteiger partial charge in [0.15, 0.2) is 6.10 Å². The zero-order valence-electron chi connectivity index (χ0n) is 12.2. The zero-order valence-corrected chi connectivity index (χ0v) is 12.9. The number of benzene rings is 2. The molecular weight excluding hydrogens is 305 g/mol. The number of hydrogen-bond donors (Lipinski definition) is 1. The molecule has 0 radical (unpaired) electrons. The van der Waals surface area contributed by atoms with E-state index in [1.807, 2.05) is 6.92 Å². The van der Waals surface area contributed by atoms with Crippen LogP contribution in [0.5, 0.6) is 5.75 Å². The second-order valence-electron chi connectivity index (χ2n) is 4.82. The molecular formula is C17H17ClFNO2. The van der Waals surface area contributed by atoms with Crippen LogP contribution in [0, 0.1) is 5.82 Å². The molecule has 0 saturated carbocycles. The second kappa shape index (κ2) is 7.80. The first-order chi connectivity index (χ1) is 10.6. The highest BCUT2D eigenvalue weighted by molar-refractivity contribution is 6.30. The van der Waals surface area contributed by atoms with Crippen LogP contribution >= 0.6 is 11.6 Å². The van der Waals surface area contributed by atoms with Crippen molar-refractivity contribution in [1.29, 1.82) is 0 Å². The summed E-state index contributed by atoms with van der Waals surface area (Å²) in [6, 6.07) is 12.9. The van der Waals surface area contributed by atoms with Crippen LogP contribution in [-0.2, 0) is 11.3 Å². The maximum atomic E-state index is 12.8. The van der Waals surface area contributed by atoms with Crippen molar-refractivity contribution in [3.63, 3.8) is 0 Å². The van der Waals surface area contributed by atoms with E-state index in [4.69, 9.17) is 16.3 Å². The van der Waals surface area contributed by atoms with E-state index in [-0.39, 0.29) is 11.7 Å². The van der Waals surface area contributed by atoms with Crippen LogP contribution < -0.4 is 10.1 Å². The predicted octanol–water partition coefficient (Wildman–Crippen LogP) is 3.95. The molecule has 2 aromatic rings. The molecule has 116 valence electrons. The summed E-state index contributed by atoms with van der Waals surface area (Å²) < 4.78 is 18.5. The summed E-state index contributed by atoms with van der Waals surface area (Å²) in [7, 11) is 0. The minimum Gasteiger partial charge on any atom is -0.481 e. The SMILES string of the molecule is CC[C@H](Oc1cccc(Cl)c1)C(=O)NCc1ccc(F)cc1. The number of rotatable bonds is 6. The van der Waals surface area contributed by atoms with Crippen molar-refractivity contribution in [3.8, 4) is 5.75 Å². The molecule has 3 nitrogen and oxygen atoms in total. The number of hydrogen-bond acceptors (Lipinski definition) is 2. The fourth-order valence-corrected chi connectivity index (χ4v) is 2.11. The van der Waals surface area contributed by atoms with Crippen molar-refractivity contribution in [2.45, 2.75) is 26.0 Å². The quantitative estimate of drug-likeness (QED) is 0.874. The number of ether oxygens (including phenoxy) is 1. The van der Waals surface area contributed by atoms with Crippen LogP contribution in [0.3, 0.4) is 0 Å². The van der Waals surface area contributed by atoms with Gasteiger partial charge in [-0.3, -0.25) is 4.79 Å². The first-order valence-corrected chi connectivity index (χ1v) is 7.40. The molecule has 0 fully saturated rings. The molecule has 0 bridgehead atoms. The third-order valence-electron chi connectivity index (χ3n) is 3.12. The minimum absolute atomic E-state index is 0.216. The Balaban J connectivity index is 1.92. The van der Waals surface area contributed by atoms with Gasteiger partial charge >= 0.3 is 0 Å². The first-order valence-electron chi connectivity index (χ1n) is 7.03. The summed E-state index contributed by atoms with van der Waals surface area (Å²) >= 11 is 5.89. The second-order valence-corrected chi connectivity index (χ2v) is 5.25. The van der Waals surface area contributed by atoms with Crippen molar-refractivity contribution in [2.75, 3.05) is 0 Å². The molecule has 0 aliphatic rings. The lowest BCUT2D eigenvalue weighted by atomic mass is 10.2. The Labute approximate surface area is 134 Å². The lowest BCUT2D eigenvalue weighted by Crippen LogP contribution is -2.37. The summed E-state index contributed by atoms with van der Waals surface area (Å²) in [6.07, 6.45) is -0.0687. The van der Waals surface area contributed by atoms with Crippen LogP contribution in [0.2, 0.25) is 5.02 Å². The predicted molar refractivity (Wildman–Crippen MR) is 84.4 cm³/mol.